The van der Waals surface area contributed by atoms with Crippen LogP contribution in [0, 0.1) is 4.77 Å². The van der Waals surface area contributed by atoms with Crippen molar-refractivity contribution in [3.05, 3.63) is 33.3 Å². The number of halogens is 1. The molecule has 0 saturated heterocycles. The van der Waals surface area contributed by atoms with Crippen LogP contribution in [0.2, 0.25) is 5.02 Å². The minimum absolute atomic E-state index is 0.133. The molecule has 0 atom stereocenters. The molecule has 0 aliphatic rings. The van der Waals surface area contributed by atoms with Gasteiger partial charge in [-0.2, -0.15) is 5.10 Å². The van der Waals surface area contributed by atoms with Crippen LogP contribution in [-0.4, -0.2) is 40.0 Å². The molecule has 3 N–H and O–H groups in total. The molecule has 2 rings (SSSR count). The molecule has 0 bridgehead atoms. The van der Waals surface area contributed by atoms with Crippen molar-refractivity contribution in [1.82, 2.24) is 20.2 Å². The molecule has 10 heteroatoms. The van der Waals surface area contributed by atoms with Gasteiger partial charge in [0.05, 0.1) is 13.7 Å². The van der Waals surface area contributed by atoms with E-state index in [1.165, 1.54) is 7.11 Å². The molecule has 8 nitrogen and oxygen atoms in total. The lowest BCUT2D eigenvalue weighted by Gasteiger charge is -2.21. The fourth-order valence-corrected chi connectivity index (χ4v) is 3.07. The van der Waals surface area contributed by atoms with Crippen molar-refractivity contribution in [1.29, 1.82) is 0 Å². The zero-order valence-corrected chi connectivity index (χ0v) is 19.0. The van der Waals surface area contributed by atoms with Crippen molar-refractivity contribution in [2.45, 2.75) is 52.6 Å². The van der Waals surface area contributed by atoms with Crippen molar-refractivity contribution in [2.75, 3.05) is 19.1 Å². The second-order valence-corrected chi connectivity index (χ2v) is 8.34. The number of nitrogens with zero attached hydrogens (tertiary/aromatic N) is 2. The molecule has 0 saturated carbocycles. The van der Waals surface area contributed by atoms with E-state index in [1.54, 1.807) is 16.8 Å². The van der Waals surface area contributed by atoms with Crippen molar-refractivity contribution < 1.29 is 14.3 Å². The quantitative estimate of drug-likeness (QED) is 0.515. The van der Waals surface area contributed by atoms with Crippen LogP contribution >= 0.6 is 23.8 Å². The second-order valence-electron chi connectivity index (χ2n) is 7.55. The Bertz CT molecular complexity index is 904. The standard InChI is InChI=1S/C19H28ClN5O3S/c1-6-7-16-23-24-18(29)25(16)21-10-12-8-14(27-5)15(9-13(12)20)28-11-17(26)22-19(2,3)4/h8-9,21H,6-7,10-11H2,1-5H3,(H,22,26)(H,24,29). The van der Waals surface area contributed by atoms with E-state index in [0.29, 0.717) is 27.8 Å². The number of nitrogens with one attached hydrogen (secondary N) is 3. The number of benzene rings is 1. The highest BCUT2D eigenvalue weighted by atomic mass is 35.5. The summed E-state index contributed by atoms with van der Waals surface area (Å²) < 4.78 is 13.2. The van der Waals surface area contributed by atoms with E-state index < -0.39 is 0 Å². The summed E-state index contributed by atoms with van der Waals surface area (Å²) in [7, 11) is 1.54. The van der Waals surface area contributed by atoms with Gasteiger partial charge in [-0.3, -0.25) is 9.89 Å². The number of carbonyl (C=O) groups is 1. The fraction of sp³-hybridized carbons (Fsp3) is 0.526. The molecule has 2 aromatic rings. The van der Waals surface area contributed by atoms with E-state index in [-0.39, 0.29) is 18.1 Å². The highest BCUT2D eigenvalue weighted by Gasteiger charge is 2.16. The maximum absolute atomic E-state index is 12.0. The Hall–Kier alpha value is -2.26. The van der Waals surface area contributed by atoms with Gasteiger partial charge in [-0.1, -0.05) is 18.5 Å². The predicted molar refractivity (Wildman–Crippen MR) is 116 cm³/mol. The molecule has 1 aromatic carbocycles. The van der Waals surface area contributed by atoms with Gasteiger partial charge in [0, 0.05) is 23.0 Å². The maximum Gasteiger partial charge on any atom is 0.258 e. The largest absolute Gasteiger partial charge is 0.493 e. The van der Waals surface area contributed by atoms with Crippen molar-refractivity contribution in [2.24, 2.45) is 0 Å². The molecular weight excluding hydrogens is 414 g/mol. The van der Waals surface area contributed by atoms with Crippen LogP contribution in [-0.2, 0) is 17.8 Å². The number of ether oxygens (including phenoxy) is 2. The predicted octanol–water partition coefficient (Wildman–Crippen LogP) is 3.59. The van der Waals surface area contributed by atoms with Gasteiger partial charge in [-0.15, -0.1) is 0 Å². The highest BCUT2D eigenvalue weighted by molar-refractivity contribution is 7.71. The summed E-state index contributed by atoms with van der Waals surface area (Å²) in [6.45, 7) is 8.06. The number of amides is 1. The molecule has 1 amide bonds. The molecule has 0 radical (unpaired) electrons. The third kappa shape index (κ3) is 6.64. The summed E-state index contributed by atoms with van der Waals surface area (Å²) in [4.78, 5) is 12.0. The number of methoxy groups -OCH3 is 1. The summed E-state index contributed by atoms with van der Waals surface area (Å²) in [5.41, 5.74) is 3.69. The highest BCUT2D eigenvalue weighted by Crippen LogP contribution is 2.33. The lowest BCUT2D eigenvalue weighted by atomic mass is 10.1. The van der Waals surface area contributed by atoms with Crippen LogP contribution in [0.4, 0.5) is 0 Å². The van der Waals surface area contributed by atoms with Gasteiger partial charge in [-0.05, 0) is 51.0 Å². The van der Waals surface area contributed by atoms with E-state index >= 15 is 0 Å². The van der Waals surface area contributed by atoms with Crippen molar-refractivity contribution >= 4 is 29.7 Å². The van der Waals surface area contributed by atoms with Gasteiger partial charge in [0.15, 0.2) is 23.9 Å². The molecule has 0 unspecified atom stereocenters. The van der Waals surface area contributed by atoms with Crippen LogP contribution < -0.4 is 20.2 Å². The zero-order chi connectivity index (χ0) is 21.6. The number of hydrogen-bond acceptors (Lipinski definition) is 6. The number of hydrogen-bond donors (Lipinski definition) is 3. The molecule has 0 aliphatic heterocycles. The van der Waals surface area contributed by atoms with Gasteiger partial charge in [0.25, 0.3) is 5.91 Å². The Morgan fingerprint density at radius 1 is 1.34 bits per heavy atom. The molecule has 1 aromatic heterocycles. The van der Waals surface area contributed by atoms with Crippen molar-refractivity contribution in [3.8, 4) is 11.5 Å². The number of aromatic amines is 1. The smallest absolute Gasteiger partial charge is 0.258 e. The van der Waals surface area contributed by atoms with E-state index in [2.05, 4.69) is 27.9 Å². The Kier molecular flexibility index (Phi) is 7.92. The molecular formula is C19H28ClN5O3S. The second kappa shape index (κ2) is 9.98. The molecule has 0 fully saturated rings. The number of aromatic nitrogens is 3. The molecule has 0 spiro atoms. The summed E-state index contributed by atoms with van der Waals surface area (Å²) in [6, 6.07) is 3.42. The van der Waals surface area contributed by atoms with E-state index in [0.717, 1.165) is 24.2 Å². The summed E-state index contributed by atoms with van der Waals surface area (Å²) >= 11 is 11.7. The molecule has 0 aliphatic carbocycles. The normalized spacial score (nSPS) is 11.2. The fourth-order valence-electron chi connectivity index (χ4n) is 2.63. The van der Waals surface area contributed by atoms with E-state index in [1.807, 2.05) is 20.8 Å². The third-order valence-corrected chi connectivity index (χ3v) is 4.47. The van der Waals surface area contributed by atoms with Gasteiger partial charge in [0.2, 0.25) is 4.77 Å². The Morgan fingerprint density at radius 3 is 2.69 bits per heavy atom. The maximum atomic E-state index is 12.0. The van der Waals surface area contributed by atoms with Gasteiger partial charge < -0.3 is 20.2 Å². The van der Waals surface area contributed by atoms with Crippen LogP contribution in [0.15, 0.2) is 12.1 Å². The number of aryl methyl sites for hydroxylation is 1. The van der Waals surface area contributed by atoms with Gasteiger partial charge >= 0.3 is 0 Å². The van der Waals surface area contributed by atoms with Crippen LogP contribution in [0.5, 0.6) is 11.5 Å². The Balaban J connectivity index is 2.11. The topological polar surface area (TPSA) is 93.2 Å². The first-order valence-electron chi connectivity index (χ1n) is 9.35. The number of rotatable bonds is 9. The van der Waals surface area contributed by atoms with E-state index in [4.69, 9.17) is 33.3 Å². The summed E-state index contributed by atoms with van der Waals surface area (Å²) in [5.74, 6) is 1.49. The Labute approximate surface area is 180 Å². The van der Waals surface area contributed by atoms with Crippen molar-refractivity contribution in [3.63, 3.8) is 0 Å². The Morgan fingerprint density at radius 2 is 2.07 bits per heavy atom. The number of H-pyrrole nitrogens is 1. The molecule has 29 heavy (non-hydrogen) atoms. The van der Waals surface area contributed by atoms with Crippen LogP contribution in [0.3, 0.4) is 0 Å². The minimum atomic E-state index is -0.331. The summed E-state index contributed by atoms with van der Waals surface area (Å²) in [5, 5.41) is 10.3. The molecule has 1 heterocycles. The first-order chi connectivity index (χ1) is 13.6. The first kappa shape index (κ1) is 23.0. The average molecular weight is 442 g/mol. The minimum Gasteiger partial charge on any atom is -0.493 e. The monoisotopic (exact) mass is 441 g/mol. The lowest BCUT2D eigenvalue weighted by molar-refractivity contribution is -0.124. The zero-order valence-electron chi connectivity index (χ0n) is 17.4. The van der Waals surface area contributed by atoms with Gasteiger partial charge in [-0.25, -0.2) is 4.68 Å². The average Bonchev–Trinajstić information content (AvgIpc) is 2.97. The summed E-state index contributed by atoms with van der Waals surface area (Å²) in [6.07, 6.45) is 1.74. The van der Waals surface area contributed by atoms with E-state index in [9.17, 15) is 4.79 Å². The third-order valence-electron chi connectivity index (χ3n) is 3.85. The lowest BCUT2D eigenvalue weighted by Crippen LogP contribution is -2.43. The van der Waals surface area contributed by atoms with Gasteiger partial charge in [0.1, 0.15) is 0 Å². The molecule has 160 valence electrons. The number of carbonyl (C=O) groups excluding carboxylic acids is 1. The van der Waals surface area contributed by atoms with Crippen LogP contribution in [0.1, 0.15) is 45.5 Å². The first-order valence-corrected chi connectivity index (χ1v) is 10.1. The van der Waals surface area contributed by atoms with Crippen LogP contribution in [0.25, 0.3) is 0 Å². The SMILES string of the molecule is CCCc1n[nH]c(=S)n1NCc1cc(OC)c(OCC(=O)NC(C)(C)C)cc1Cl.